The Morgan fingerprint density at radius 2 is 1.77 bits per heavy atom. The fraction of sp³-hybridized carbons (Fsp3) is 0.538. The highest BCUT2D eigenvalue weighted by molar-refractivity contribution is 5.78. The molecule has 9 nitrogen and oxygen atoms in total. The molecule has 2 N–H and O–H groups in total. The Morgan fingerprint density at radius 1 is 1.14 bits per heavy atom. The molecule has 0 saturated carbocycles. The lowest BCUT2D eigenvalue weighted by Crippen LogP contribution is -2.51. The van der Waals surface area contributed by atoms with Crippen molar-refractivity contribution in [3.63, 3.8) is 0 Å². The predicted molar refractivity (Wildman–Crippen MR) is 76.6 cm³/mol. The zero-order valence-electron chi connectivity index (χ0n) is 12.3. The van der Waals surface area contributed by atoms with Crippen LogP contribution in [0.4, 0.5) is 4.79 Å². The molecular formula is C13H18N4O5. The predicted octanol–water partition coefficient (Wildman–Crippen LogP) is -1.09. The molecule has 9 heteroatoms. The highest BCUT2D eigenvalue weighted by Gasteiger charge is 2.24. The van der Waals surface area contributed by atoms with E-state index in [1.807, 2.05) is 4.98 Å². The average molecular weight is 310 g/mol. The number of carbonyl (C=O) groups excluding carboxylic acids is 2. The number of hydrogen-bond donors (Lipinski definition) is 2. The van der Waals surface area contributed by atoms with Gasteiger partial charge in [-0.1, -0.05) is 0 Å². The van der Waals surface area contributed by atoms with Crippen LogP contribution in [-0.4, -0.2) is 64.6 Å². The lowest BCUT2D eigenvalue weighted by Gasteiger charge is -2.34. The third kappa shape index (κ3) is 3.96. The molecule has 0 radical (unpaired) electrons. The zero-order chi connectivity index (χ0) is 16.1. The molecule has 2 rings (SSSR count). The molecule has 1 aliphatic heterocycles. The number of nitrogens with zero attached hydrogens (tertiary/aromatic N) is 2. The second kappa shape index (κ2) is 6.92. The monoisotopic (exact) mass is 310 g/mol. The second-order valence-corrected chi connectivity index (χ2v) is 4.86. The van der Waals surface area contributed by atoms with E-state index in [2.05, 4.69) is 4.98 Å². The number of hydrogen-bond acceptors (Lipinski definition) is 5. The van der Waals surface area contributed by atoms with Crippen molar-refractivity contribution in [2.45, 2.75) is 13.3 Å². The van der Waals surface area contributed by atoms with Crippen LogP contribution >= 0.6 is 0 Å². The number of H-pyrrole nitrogens is 2. The van der Waals surface area contributed by atoms with Crippen LogP contribution in [0.3, 0.4) is 0 Å². The van der Waals surface area contributed by atoms with Crippen LogP contribution < -0.4 is 11.2 Å². The Hall–Kier alpha value is -2.58. The van der Waals surface area contributed by atoms with Gasteiger partial charge in [0.05, 0.1) is 13.0 Å². The van der Waals surface area contributed by atoms with Crippen LogP contribution in [0, 0.1) is 0 Å². The van der Waals surface area contributed by atoms with Crippen molar-refractivity contribution in [1.82, 2.24) is 19.8 Å². The number of amides is 2. The van der Waals surface area contributed by atoms with Gasteiger partial charge in [-0.2, -0.15) is 0 Å². The molecule has 120 valence electrons. The smallest absolute Gasteiger partial charge is 0.409 e. The molecule has 0 unspecified atom stereocenters. The lowest BCUT2D eigenvalue weighted by molar-refractivity contribution is -0.132. The van der Waals surface area contributed by atoms with E-state index in [1.54, 1.807) is 16.7 Å². The van der Waals surface area contributed by atoms with Gasteiger partial charge in [-0.25, -0.2) is 9.59 Å². The molecule has 0 aliphatic carbocycles. The van der Waals surface area contributed by atoms with Gasteiger partial charge in [0.1, 0.15) is 0 Å². The van der Waals surface area contributed by atoms with E-state index in [1.165, 1.54) is 6.07 Å². The summed E-state index contributed by atoms with van der Waals surface area (Å²) in [5, 5.41) is 0. The summed E-state index contributed by atoms with van der Waals surface area (Å²) in [6, 6.07) is 1.19. The van der Waals surface area contributed by atoms with Crippen molar-refractivity contribution in [1.29, 1.82) is 0 Å². The second-order valence-electron chi connectivity index (χ2n) is 4.86. The van der Waals surface area contributed by atoms with Crippen LogP contribution in [-0.2, 0) is 16.0 Å². The third-order valence-electron chi connectivity index (χ3n) is 3.32. The topological polar surface area (TPSA) is 116 Å². The van der Waals surface area contributed by atoms with Crippen molar-refractivity contribution in [3.8, 4) is 0 Å². The minimum Gasteiger partial charge on any atom is -0.450 e. The van der Waals surface area contributed by atoms with Gasteiger partial charge < -0.3 is 19.5 Å². The van der Waals surface area contributed by atoms with Crippen LogP contribution in [0.15, 0.2) is 15.7 Å². The molecular weight excluding hydrogens is 292 g/mol. The Balaban J connectivity index is 1.91. The van der Waals surface area contributed by atoms with E-state index in [-0.39, 0.29) is 24.1 Å². The van der Waals surface area contributed by atoms with Crippen LogP contribution in [0.25, 0.3) is 0 Å². The van der Waals surface area contributed by atoms with Crippen molar-refractivity contribution >= 4 is 12.0 Å². The molecule has 22 heavy (non-hydrogen) atoms. The summed E-state index contributed by atoms with van der Waals surface area (Å²) in [5.74, 6) is -0.204. The summed E-state index contributed by atoms with van der Waals surface area (Å²) >= 11 is 0. The maximum Gasteiger partial charge on any atom is 0.409 e. The summed E-state index contributed by atoms with van der Waals surface area (Å²) in [6.07, 6.45) is -0.438. The summed E-state index contributed by atoms with van der Waals surface area (Å²) in [6.45, 7) is 3.64. The maximum absolute atomic E-state index is 12.1. The third-order valence-corrected chi connectivity index (χ3v) is 3.32. The molecule has 0 aromatic carbocycles. The van der Waals surface area contributed by atoms with Gasteiger partial charge in [0.2, 0.25) is 5.91 Å². The molecule has 2 amide bonds. The van der Waals surface area contributed by atoms with E-state index in [9.17, 15) is 19.2 Å². The van der Waals surface area contributed by atoms with Gasteiger partial charge in [-0.05, 0) is 6.92 Å². The number of nitrogens with one attached hydrogen (secondary N) is 2. The highest BCUT2D eigenvalue weighted by Crippen LogP contribution is 2.06. The summed E-state index contributed by atoms with van der Waals surface area (Å²) < 4.78 is 4.90. The Bertz CT molecular complexity index is 629. The Morgan fingerprint density at radius 3 is 2.36 bits per heavy atom. The van der Waals surface area contributed by atoms with Gasteiger partial charge in [0.25, 0.3) is 5.56 Å². The van der Waals surface area contributed by atoms with Gasteiger partial charge in [-0.3, -0.25) is 14.6 Å². The number of ether oxygens (including phenoxy) is 1. The molecule has 2 heterocycles. The zero-order valence-corrected chi connectivity index (χ0v) is 12.3. The molecule has 1 aromatic heterocycles. The molecule has 1 aliphatic rings. The average Bonchev–Trinajstić information content (AvgIpc) is 2.46. The Kier molecular flexibility index (Phi) is 4.97. The van der Waals surface area contributed by atoms with Crippen LogP contribution in [0.1, 0.15) is 12.6 Å². The van der Waals surface area contributed by atoms with Gasteiger partial charge in [0, 0.05) is 37.9 Å². The number of piperazine rings is 1. The SMILES string of the molecule is CCOC(=O)N1CCN(C(=O)Cc2cc(=O)[nH]c(=O)[nH]2)CC1. The molecule has 0 spiro atoms. The molecule has 1 aromatic rings. The standard InChI is InChI=1S/C13H18N4O5/c1-2-22-13(21)17-5-3-16(4-6-17)11(19)8-9-7-10(18)15-12(20)14-9/h7H,2-6,8H2,1H3,(H2,14,15,18,20). The van der Waals surface area contributed by atoms with Crippen molar-refractivity contribution in [2.24, 2.45) is 0 Å². The minimum absolute atomic E-state index is 0.0570. The molecule has 0 bridgehead atoms. The fourth-order valence-electron chi connectivity index (χ4n) is 2.24. The number of rotatable bonds is 3. The van der Waals surface area contributed by atoms with Gasteiger partial charge in [-0.15, -0.1) is 0 Å². The van der Waals surface area contributed by atoms with Gasteiger partial charge in [0.15, 0.2) is 0 Å². The van der Waals surface area contributed by atoms with E-state index in [0.29, 0.717) is 32.8 Å². The molecule has 1 saturated heterocycles. The Labute approximate surface area is 125 Å². The first-order valence-electron chi connectivity index (χ1n) is 7.01. The quantitative estimate of drug-likeness (QED) is 0.736. The summed E-state index contributed by atoms with van der Waals surface area (Å²) in [7, 11) is 0. The van der Waals surface area contributed by atoms with E-state index in [4.69, 9.17) is 4.74 Å². The van der Waals surface area contributed by atoms with Crippen molar-refractivity contribution in [2.75, 3.05) is 32.8 Å². The van der Waals surface area contributed by atoms with Crippen molar-refractivity contribution in [3.05, 3.63) is 32.6 Å². The first kappa shape index (κ1) is 15.8. The van der Waals surface area contributed by atoms with Crippen LogP contribution in [0.2, 0.25) is 0 Å². The van der Waals surface area contributed by atoms with Crippen molar-refractivity contribution < 1.29 is 14.3 Å². The fourth-order valence-corrected chi connectivity index (χ4v) is 2.24. The largest absolute Gasteiger partial charge is 0.450 e. The van der Waals surface area contributed by atoms with Gasteiger partial charge >= 0.3 is 11.8 Å². The minimum atomic E-state index is -0.637. The number of aromatic amines is 2. The first-order chi connectivity index (χ1) is 10.5. The normalized spacial score (nSPS) is 14.8. The number of carbonyl (C=O) groups is 2. The summed E-state index contributed by atoms with van der Waals surface area (Å²) in [4.78, 5) is 53.7. The lowest BCUT2D eigenvalue weighted by atomic mass is 10.2. The summed E-state index contributed by atoms with van der Waals surface area (Å²) in [5.41, 5.74) is -0.910. The van der Waals surface area contributed by atoms with E-state index >= 15 is 0 Å². The van der Waals surface area contributed by atoms with E-state index in [0.717, 1.165) is 0 Å². The number of aromatic nitrogens is 2. The molecule has 0 atom stereocenters. The maximum atomic E-state index is 12.1. The highest BCUT2D eigenvalue weighted by atomic mass is 16.6. The van der Waals surface area contributed by atoms with Crippen LogP contribution in [0.5, 0.6) is 0 Å². The van der Waals surface area contributed by atoms with E-state index < -0.39 is 11.2 Å². The first-order valence-corrected chi connectivity index (χ1v) is 7.01. The molecule has 1 fully saturated rings.